The molecule has 0 aliphatic heterocycles. The summed E-state index contributed by atoms with van der Waals surface area (Å²) in [6, 6.07) is 23.0. The molecule has 1 aromatic heterocycles. The molecule has 192 valence electrons. The molecule has 2 aliphatic carbocycles. The normalized spacial score (nSPS) is 19.1. The van der Waals surface area contributed by atoms with E-state index in [0.29, 0.717) is 5.92 Å². The molecule has 0 saturated carbocycles. The quantitative estimate of drug-likeness (QED) is 0.287. The van der Waals surface area contributed by atoms with E-state index in [4.69, 9.17) is 0 Å². The van der Waals surface area contributed by atoms with Gasteiger partial charge in [0.1, 0.15) is 11.6 Å². The molecule has 1 heterocycles. The molecule has 0 saturated heterocycles. The zero-order chi connectivity index (χ0) is 26.2. The molecule has 0 fully saturated rings. The monoisotopic (exact) mass is 507 g/mol. The summed E-state index contributed by atoms with van der Waals surface area (Å²) in [5.74, 6) is 0.00484. The third kappa shape index (κ3) is 4.40. The minimum Gasteiger partial charge on any atom is -0.507 e. The Labute approximate surface area is 221 Å². The van der Waals surface area contributed by atoms with E-state index < -0.39 is 0 Å². The molecule has 0 bridgehead atoms. The first-order valence-electron chi connectivity index (χ1n) is 13.2. The molecule has 6 heteroatoms. The number of nitrogens with one attached hydrogen (secondary N) is 1. The Morgan fingerprint density at radius 2 is 1.82 bits per heavy atom. The van der Waals surface area contributed by atoms with Gasteiger partial charge in [0.25, 0.3) is 5.91 Å². The van der Waals surface area contributed by atoms with Crippen molar-refractivity contribution in [1.82, 2.24) is 15.1 Å². The lowest BCUT2D eigenvalue weighted by Crippen LogP contribution is -2.30. The zero-order valence-electron chi connectivity index (χ0n) is 21.3. The number of aromatic hydroxyl groups is 1. The smallest absolute Gasteiger partial charge is 0.255 e. The number of carbonyl (C=O) groups is 1. The fraction of sp³-hybridized carbons (Fsp3) is 0.250. The summed E-state index contributed by atoms with van der Waals surface area (Å²) >= 11 is 0. The third-order valence-corrected chi connectivity index (χ3v) is 8.11. The van der Waals surface area contributed by atoms with Gasteiger partial charge in [-0.15, -0.1) is 0 Å². The van der Waals surface area contributed by atoms with Gasteiger partial charge in [-0.2, -0.15) is 5.10 Å². The van der Waals surface area contributed by atoms with Crippen LogP contribution in [0.2, 0.25) is 0 Å². The van der Waals surface area contributed by atoms with Gasteiger partial charge in [0, 0.05) is 17.9 Å². The van der Waals surface area contributed by atoms with Crippen molar-refractivity contribution >= 4 is 5.91 Å². The Balaban J connectivity index is 1.27. The number of nitrogens with zero attached hydrogens (tertiary/aromatic N) is 2. The van der Waals surface area contributed by atoms with Crippen LogP contribution in [0.4, 0.5) is 4.39 Å². The van der Waals surface area contributed by atoms with E-state index in [2.05, 4.69) is 29.5 Å². The van der Waals surface area contributed by atoms with E-state index in [1.165, 1.54) is 40.6 Å². The van der Waals surface area contributed by atoms with Crippen molar-refractivity contribution < 1.29 is 14.3 Å². The molecule has 1 amide bonds. The number of fused-ring (bicyclic) bond motifs is 1. The summed E-state index contributed by atoms with van der Waals surface area (Å²) in [5.41, 5.74) is 7.52. The van der Waals surface area contributed by atoms with Gasteiger partial charge in [0.05, 0.1) is 29.2 Å². The van der Waals surface area contributed by atoms with E-state index in [-0.39, 0.29) is 35.0 Å². The van der Waals surface area contributed by atoms with Crippen LogP contribution in [0.3, 0.4) is 0 Å². The fourth-order valence-corrected chi connectivity index (χ4v) is 6.28. The first kappa shape index (κ1) is 24.2. The lowest BCUT2D eigenvalue weighted by molar-refractivity contribution is 0.0929. The molecule has 4 aromatic rings. The summed E-state index contributed by atoms with van der Waals surface area (Å²) < 4.78 is 15.4. The van der Waals surface area contributed by atoms with Gasteiger partial charge in [-0.3, -0.25) is 4.79 Å². The van der Waals surface area contributed by atoms with Crippen molar-refractivity contribution in [3.63, 3.8) is 0 Å². The highest BCUT2D eigenvalue weighted by Crippen LogP contribution is 2.49. The minimum atomic E-state index is -0.274. The maximum Gasteiger partial charge on any atom is 0.255 e. The molecule has 3 aromatic carbocycles. The van der Waals surface area contributed by atoms with Gasteiger partial charge in [0.15, 0.2) is 0 Å². The average molecular weight is 508 g/mol. The van der Waals surface area contributed by atoms with Crippen LogP contribution in [0.15, 0.2) is 96.2 Å². The number of hydrogen-bond donors (Lipinski definition) is 2. The highest BCUT2D eigenvalue weighted by atomic mass is 19.1. The van der Waals surface area contributed by atoms with E-state index in [0.717, 1.165) is 36.9 Å². The Hall–Kier alpha value is -4.19. The number of phenolic OH excluding ortho intramolecular Hbond substituents is 1. The molecular formula is C32H30FN3O2. The predicted molar refractivity (Wildman–Crippen MR) is 145 cm³/mol. The van der Waals surface area contributed by atoms with Gasteiger partial charge in [-0.25, -0.2) is 9.07 Å². The number of carbonyl (C=O) groups excluding carboxylic acids is 1. The first-order chi connectivity index (χ1) is 18.5. The molecule has 2 aliphatic rings. The maximum atomic E-state index is 13.5. The molecule has 1 unspecified atom stereocenters. The first-order valence-corrected chi connectivity index (χ1v) is 13.2. The Morgan fingerprint density at radius 3 is 2.58 bits per heavy atom. The van der Waals surface area contributed by atoms with Crippen LogP contribution in [-0.2, 0) is 6.42 Å². The number of phenols is 1. The zero-order valence-corrected chi connectivity index (χ0v) is 21.3. The Bertz CT molecular complexity index is 1510. The number of benzene rings is 3. The van der Waals surface area contributed by atoms with Crippen LogP contribution in [0, 0.1) is 11.7 Å². The number of hydrogen-bond acceptors (Lipinski definition) is 3. The average Bonchev–Trinajstić information content (AvgIpc) is 3.54. The number of allylic oxidation sites excluding steroid dienone is 2. The van der Waals surface area contributed by atoms with E-state index in [1.807, 2.05) is 29.1 Å². The molecule has 2 N–H and O–H groups in total. The minimum absolute atomic E-state index is 0.0192. The highest BCUT2D eigenvalue weighted by Gasteiger charge is 2.37. The second-order valence-corrected chi connectivity index (χ2v) is 10.3. The molecule has 0 spiro atoms. The van der Waals surface area contributed by atoms with Crippen molar-refractivity contribution in [2.45, 2.75) is 44.6 Å². The summed E-state index contributed by atoms with van der Waals surface area (Å²) in [6.07, 6.45) is 5.64. The third-order valence-electron chi connectivity index (χ3n) is 8.11. The lowest BCUT2D eigenvalue weighted by atomic mass is 9.77. The summed E-state index contributed by atoms with van der Waals surface area (Å²) in [7, 11) is 0. The molecule has 5 nitrogen and oxygen atoms in total. The number of aromatic nitrogens is 2. The second kappa shape index (κ2) is 9.93. The van der Waals surface area contributed by atoms with Crippen molar-refractivity contribution in [3.05, 3.63) is 124 Å². The van der Waals surface area contributed by atoms with E-state index in [9.17, 15) is 14.3 Å². The fourth-order valence-electron chi connectivity index (χ4n) is 6.28. The molecule has 38 heavy (non-hydrogen) atoms. The van der Waals surface area contributed by atoms with Gasteiger partial charge in [-0.05, 0) is 67.1 Å². The summed E-state index contributed by atoms with van der Waals surface area (Å²) in [4.78, 5) is 13.2. The number of halogens is 1. The van der Waals surface area contributed by atoms with Gasteiger partial charge in [0.2, 0.25) is 0 Å². The highest BCUT2D eigenvalue weighted by molar-refractivity contribution is 5.97. The van der Waals surface area contributed by atoms with Crippen LogP contribution in [-0.4, -0.2) is 20.8 Å². The standard InChI is InChI=1S/C32H30FN3O2/c1-20-27-19-34-36(25-15-13-24(33)14-16-25)29(27)18-23-12-11-22(31(20)23)17-28(21-7-3-2-4-8-21)35-32(38)26-9-5-6-10-30(26)37/h2-10,13-16,19-20,22,28,37H,11-12,17-18H2,1H3,(H,35,38)/t20-,22+,28?/m0/s1. The van der Waals surface area contributed by atoms with Crippen LogP contribution < -0.4 is 5.32 Å². The van der Waals surface area contributed by atoms with E-state index in [1.54, 1.807) is 30.3 Å². The van der Waals surface area contributed by atoms with Gasteiger partial charge >= 0.3 is 0 Å². The molecule has 6 rings (SSSR count). The SMILES string of the molecule is C[C@@H]1C2=C(CC[C@@H]2CC(NC(=O)c2ccccc2O)c2ccccc2)Cc2c1cnn2-c1ccc(F)cc1. The van der Waals surface area contributed by atoms with Crippen molar-refractivity contribution in [3.8, 4) is 11.4 Å². The van der Waals surface area contributed by atoms with Crippen LogP contribution in [0.25, 0.3) is 5.69 Å². The second-order valence-electron chi connectivity index (χ2n) is 10.3. The summed E-state index contributed by atoms with van der Waals surface area (Å²) in [6.45, 7) is 2.25. The van der Waals surface area contributed by atoms with Gasteiger partial charge in [-0.1, -0.05) is 60.5 Å². The van der Waals surface area contributed by atoms with Crippen LogP contribution in [0.1, 0.15) is 65.3 Å². The van der Waals surface area contributed by atoms with Crippen molar-refractivity contribution in [2.24, 2.45) is 5.92 Å². The number of rotatable bonds is 6. The van der Waals surface area contributed by atoms with Gasteiger partial charge < -0.3 is 10.4 Å². The number of para-hydroxylation sites is 1. The van der Waals surface area contributed by atoms with Crippen LogP contribution in [0.5, 0.6) is 5.75 Å². The lowest BCUT2D eigenvalue weighted by Gasteiger charge is -2.30. The molecule has 3 atom stereocenters. The topological polar surface area (TPSA) is 67.2 Å². The Kier molecular flexibility index (Phi) is 6.32. The van der Waals surface area contributed by atoms with Crippen molar-refractivity contribution in [1.29, 1.82) is 0 Å². The van der Waals surface area contributed by atoms with E-state index >= 15 is 0 Å². The maximum absolute atomic E-state index is 13.5. The number of amides is 1. The largest absolute Gasteiger partial charge is 0.507 e. The summed E-state index contributed by atoms with van der Waals surface area (Å²) in [5, 5.41) is 18.1. The van der Waals surface area contributed by atoms with Crippen LogP contribution >= 0.6 is 0 Å². The molecule has 0 radical (unpaired) electrons. The van der Waals surface area contributed by atoms with Crippen molar-refractivity contribution in [2.75, 3.05) is 0 Å². The predicted octanol–water partition coefficient (Wildman–Crippen LogP) is 6.64. The molecular weight excluding hydrogens is 477 g/mol. The Morgan fingerprint density at radius 1 is 1.08 bits per heavy atom.